The molecule has 0 saturated heterocycles. The first-order valence-electron chi connectivity index (χ1n) is 7.61. The third-order valence-electron chi connectivity index (χ3n) is 3.10. The Bertz CT molecular complexity index is 776. The molecule has 2 aromatic carbocycles. The van der Waals surface area contributed by atoms with Gasteiger partial charge in [0, 0.05) is 16.6 Å². The van der Waals surface area contributed by atoms with Gasteiger partial charge in [0.25, 0.3) is 0 Å². The van der Waals surface area contributed by atoms with Crippen LogP contribution in [0.1, 0.15) is 26.3 Å². The Hall–Kier alpha value is -2.15. The number of benzene rings is 2. The summed E-state index contributed by atoms with van der Waals surface area (Å²) in [6.07, 6.45) is -0.656. The molecular weight excluding hydrogens is 394 g/mol. The molecule has 0 unspecified atom stereocenters. The number of nitrogens with one attached hydrogen (secondary N) is 2. The summed E-state index contributed by atoms with van der Waals surface area (Å²) in [6, 6.07) is 8.54. The molecule has 4 nitrogen and oxygen atoms in total. The molecule has 2 N–H and O–H groups in total. The Morgan fingerprint density at radius 2 is 1.84 bits per heavy atom. The SMILES string of the molecule is CC(C)(C)OC(=O)Nc1ccc(F)cc1NCc1ccc(Br)cc1F. The van der Waals surface area contributed by atoms with Gasteiger partial charge in [-0.25, -0.2) is 13.6 Å². The van der Waals surface area contributed by atoms with Crippen LogP contribution in [-0.4, -0.2) is 11.7 Å². The van der Waals surface area contributed by atoms with Crippen LogP contribution in [0.4, 0.5) is 25.0 Å². The van der Waals surface area contributed by atoms with Crippen LogP contribution < -0.4 is 10.6 Å². The average Bonchev–Trinajstić information content (AvgIpc) is 2.47. The van der Waals surface area contributed by atoms with Crippen molar-refractivity contribution >= 4 is 33.4 Å². The van der Waals surface area contributed by atoms with E-state index in [1.807, 2.05) is 0 Å². The minimum atomic E-state index is -0.656. The second kappa shape index (κ2) is 7.82. The lowest BCUT2D eigenvalue weighted by Gasteiger charge is -2.20. The van der Waals surface area contributed by atoms with E-state index in [1.165, 1.54) is 24.3 Å². The molecule has 0 aromatic heterocycles. The molecule has 0 bridgehead atoms. The fourth-order valence-electron chi connectivity index (χ4n) is 2.04. The number of rotatable bonds is 4. The lowest BCUT2D eigenvalue weighted by atomic mass is 10.2. The summed E-state index contributed by atoms with van der Waals surface area (Å²) in [6.45, 7) is 5.36. The molecule has 0 aliphatic rings. The molecule has 0 spiro atoms. The van der Waals surface area contributed by atoms with Crippen LogP contribution in [0.25, 0.3) is 0 Å². The minimum absolute atomic E-state index is 0.131. The number of carbonyl (C=O) groups is 1. The summed E-state index contributed by atoms with van der Waals surface area (Å²) >= 11 is 3.19. The van der Waals surface area contributed by atoms with Crippen molar-refractivity contribution < 1.29 is 18.3 Å². The number of hydrogen-bond donors (Lipinski definition) is 2. The molecule has 0 atom stereocenters. The van der Waals surface area contributed by atoms with Crippen molar-refractivity contribution in [2.45, 2.75) is 32.9 Å². The molecule has 25 heavy (non-hydrogen) atoms. The van der Waals surface area contributed by atoms with Crippen LogP contribution in [0.5, 0.6) is 0 Å². The van der Waals surface area contributed by atoms with Gasteiger partial charge in [0.05, 0.1) is 11.4 Å². The fraction of sp³-hybridized carbons (Fsp3) is 0.278. The Morgan fingerprint density at radius 3 is 2.48 bits per heavy atom. The first kappa shape index (κ1) is 19.2. The summed E-state index contributed by atoms with van der Waals surface area (Å²) in [5, 5.41) is 5.50. The van der Waals surface area contributed by atoms with Gasteiger partial charge in [-0.05, 0) is 51.1 Å². The summed E-state index contributed by atoms with van der Waals surface area (Å²) < 4.78 is 33.3. The Morgan fingerprint density at radius 1 is 1.12 bits per heavy atom. The van der Waals surface area contributed by atoms with Crippen LogP contribution in [-0.2, 0) is 11.3 Å². The molecule has 1 amide bonds. The van der Waals surface area contributed by atoms with Crippen LogP contribution in [0.3, 0.4) is 0 Å². The standard InChI is InChI=1S/C18H19BrF2N2O2/c1-18(2,3)25-17(24)23-15-7-6-13(20)9-16(15)22-10-11-4-5-12(19)8-14(11)21/h4-9,22H,10H2,1-3H3,(H,23,24). The third-order valence-corrected chi connectivity index (χ3v) is 3.59. The highest BCUT2D eigenvalue weighted by molar-refractivity contribution is 9.10. The molecule has 0 saturated carbocycles. The Labute approximate surface area is 153 Å². The van der Waals surface area contributed by atoms with Gasteiger partial charge in [0.15, 0.2) is 0 Å². The Kier molecular flexibility index (Phi) is 6.00. The molecule has 134 valence electrons. The predicted octanol–water partition coefficient (Wildman–Crippen LogP) is 5.69. The lowest BCUT2D eigenvalue weighted by Crippen LogP contribution is -2.27. The van der Waals surface area contributed by atoms with Crippen molar-refractivity contribution in [3.63, 3.8) is 0 Å². The monoisotopic (exact) mass is 412 g/mol. The van der Waals surface area contributed by atoms with Gasteiger partial charge >= 0.3 is 6.09 Å². The number of anilines is 2. The van der Waals surface area contributed by atoms with E-state index in [-0.39, 0.29) is 12.4 Å². The van der Waals surface area contributed by atoms with Crippen molar-refractivity contribution in [1.29, 1.82) is 0 Å². The summed E-state index contributed by atoms with van der Waals surface area (Å²) in [5.74, 6) is -0.867. The van der Waals surface area contributed by atoms with Crippen LogP contribution >= 0.6 is 15.9 Å². The van der Waals surface area contributed by atoms with Crippen molar-refractivity contribution in [2.24, 2.45) is 0 Å². The van der Waals surface area contributed by atoms with E-state index < -0.39 is 17.5 Å². The van der Waals surface area contributed by atoms with Crippen LogP contribution in [0.15, 0.2) is 40.9 Å². The van der Waals surface area contributed by atoms with Crippen molar-refractivity contribution in [3.05, 3.63) is 58.1 Å². The molecule has 0 aliphatic heterocycles. The number of amides is 1. The zero-order valence-corrected chi connectivity index (χ0v) is 15.7. The second-order valence-corrected chi connectivity index (χ2v) is 7.32. The summed E-state index contributed by atoms with van der Waals surface area (Å²) in [7, 11) is 0. The van der Waals surface area contributed by atoms with Gasteiger partial charge in [-0.3, -0.25) is 5.32 Å². The van der Waals surface area contributed by atoms with E-state index in [0.29, 0.717) is 21.4 Å². The predicted molar refractivity (Wildman–Crippen MR) is 97.7 cm³/mol. The minimum Gasteiger partial charge on any atom is -0.444 e. The van der Waals surface area contributed by atoms with Gasteiger partial charge < -0.3 is 10.1 Å². The fourth-order valence-corrected chi connectivity index (χ4v) is 2.37. The van der Waals surface area contributed by atoms with Crippen LogP contribution in [0, 0.1) is 11.6 Å². The number of ether oxygens (including phenoxy) is 1. The molecule has 0 radical (unpaired) electrons. The van der Waals surface area contributed by atoms with Gasteiger partial charge in [-0.15, -0.1) is 0 Å². The van der Waals surface area contributed by atoms with E-state index in [4.69, 9.17) is 4.74 Å². The van der Waals surface area contributed by atoms with Crippen molar-refractivity contribution in [2.75, 3.05) is 10.6 Å². The smallest absolute Gasteiger partial charge is 0.412 e. The highest BCUT2D eigenvalue weighted by Gasteiger charge is 2.17. The molecule has 2 rings (SSSR count). The Balaban J connectivity index is 2.14. The summed E-state index contributed by atoms with van der Waals surface area (Å²) in [5.41, 5.74) is 0.426. The van der Waals surface area contributed by atoms with Crippen molar-refractivity contribution in [3.8, 4) is 0 Å². The van der Waals surface area contributed by atoms with Gasteiger partial charge in [-0.1, -0.05) is 22.0 Å². The van der Waals surface area contributed by atoms with Crippen LogP contribution in [0.2, 0.25) is 0 Å². The maximum Gasteiger partial charge on any atom is 0.412 e. The van der Waals surface area contributed by atoms with E-state index in [2.05, 4.69) is 26.6 Å². The van der Waals surface area contributed by atoms with Gasteiger partial charge in [-0.2, -0.15) is 0 Å². The molecule has 0 aliphatic carbocycles. The van der Waals surface area contributed by atoms with E-state index in [1.54, 1.807) is 32.9 Å². The molecule has 7 heteroatoms. The number of halogens is 3. The summed E-state index contributed by atoms with van der Waals surface area (Å²) in [4.78, 5) is 11.9. The normalized spacial score (nSPS) is 11.1. The highest BCUT2D eigenvalue weighted by Crippen LogP contribution is 2.25. The lowest BCUT2D eigenvalue weighted by molar-refractivity contribution is 0.0636. The van der Waals surface area contributed by atoms with Gasteiger partial charge in [0.1, 0.15) is 17.2 Å². The number of hydrogen-bond acceptors (Lipinski definition) is 3. The maximum absolute atomic E-state index is 13.9. The van der Waals surface area contributed by atoms with E-state index in [9.17, 15) is 13.6 Å². The van der Waals surface area contributed by atoms with Crippen molar-refractivity contribution in [1.82, 2.24) is 0 Å². The van der Waals surface area contributed by atoms with E-state index in [0.717, 1.165) is 0 Å². The number of carbonyl (C=O) groups excluding carboxylic acids is 1. The van der Waals surface area contributed by atoms with Gasteiger partial charge in [0.2, 0.25) is 0 Å². The second-order valence-electron chi connectivity index (χ2n) is 6.41. The molecule has 0 heterocycles. The highest BCUT2D eigenvalue weighted by atomic mass is 79.9. The quantitative estimate of drug-likeness (QED) is 0.678. The molecule has 2 aromatic rings. The largest absolute Gasteiger partial charge is 0.444 e. The average molecular weight is 413 g/mol. The first-order chi connectivity index (χ1) is 11.6. The zero-order valence-electron chi connectivity index (χ0n) is 14.1. The maximum atomic E-state index is 13.9. The molecular formula is C18H19BrF2N2O2. The third kappa shape index (κ3) is 6.01. The zero-order chi connectivity index (χ0) is 18.6. The molecule has 0 fully saturated rings. The topological polar surface area (TPSA) is 50.4 Å². The first-order valence-corrected chi connectivity index (χ1v) is 8.41. The van der Waals surface area contributed by atoms with E-state index >= 15 is 0 Å².